The van der Waals surface area contributed by atoms with Gasteiger partial charge in [0.1, 0.15) is 5.78 Å². The van der Waals surface area contributed by atoms with Crippen molar-refractivity contribution in [3.8, 4) is 0 Å². The van der Waals surface area contributed by atoms with Crippen molar-refractivity contribution >= 4 is 27.6 Å². The van der Waals surface area contributed by atoms with Gasteiger partial charge in [-0.25, -0.2) is 0 Å². The van der Waals surface area contributed by atoms with Gasteiger partial charge >= 0.3 is 6.43 Å². The minimum absolute atomic E-state index is 0.0353. The molecule has 3 nitrogen and oxygen atoms in total. The Morgan fingerprint density at radius 1 is 1.46 bits per heavy atom. The maximum atomic E-state index is 11.8. The number of rotatable bonds is 5. The molecular formula is C7H10BrF2NO2. The van der Waals surface area contributed by atoms with E-state index >= 15 is 0 Å². The van der Waals surface area contributed by atoms with E-state index in [1.165, 1.54) is 7.05 Å². The molecule has 76 valence electrons. The molecule has 0 spiro atoms. The maximum Gasteiger partial charge on any atom is 0.315 e. The molecule has 0 bridgehead atoms. The van der Waals surface area contributed by atoms with Gasteiger partial charge in [0.05, 0.1) is 5.33 Å². The summed E-state index contributed by atoms with van der Waals surface area (Å²) in [6.07, 6.45) is -2.90. The second-order valence-electron chi connectivity index (χ2n) is 2.48. The molecule has 6 heteroatoms. The van der Waals surface area contributed by atoms with Crippen molar-refractivity contribution in [1.82, 2.24) is 4.90 Å². The fourth-order valence-electron chi connectivity index (χ4n) is 0.636. The summed E-state index contributed by atoms with van der Waals surface area (Å²) in [6.45, 7) is 0.0353. The largest absolute Gasteiger partial charge is 0.340 e. The van der Waals surface area contributed by atoms with Crippen LogP contribution in [0, 0.1) is 0 Å². The summed E-state index contributed by atoms with van der Waals surface area (Å²) in [4.78, 5) is 22.2. The predicted octanol–water partition coefficient (Wildman–Crippen LogP) is 1.06. The zero-order valence-electron chi connectivity index (χ0n) is 7.10. The van der Waals surface area contributed by atoms with E-state index in [4.69, 9.17) is 0 Å². The van der Waals surface area contributed by atoms with Crippen LogP contribution in [0.2, 0.25) is 0 Å². The highest BCUT2D eigenvalue weighted by atomic mass is 79.9. The van der Waals surface area contributed by atoms with Gasteiger partial charge in [-0.2, -0.15) is 8.78 Å². The summed E-state index contributed by atoms with van der Waals surface area (Å²) in [6, 6.07) is 0. The summed E-state index contributed by atoms with van der Waals surface area (Å²) < 4.78 is 23.6. The maximum absolute atomic E-state index is 11.8. The number of alkyl halides is 3. The zero-order chi connectivity index (χ0) is 10.4. The Balaban J connectivity index is 3.81. The van der Waals surface area contributed by atoms with Gasteiger partial charge in [0.15, 0.2) is 0 Å². The summed E-state index contributed by atoms with van der Waals surface area (Å²) in [5.41, 5.74) is 0. The molecule has 0 aromatic carbocycles. The van der Waals surface area contributed by atoms with Crippen molar-refractivity contribution in [1.29, 1.82) is 0 Å². The molecule has 0 aromatic heterocycles. The van der Waals surface area contributed by atoms with Crippen LogP contribution in [0.4, 0.5) is 8.78 Å². The van der Waals surface area contributed by atoms with E-state index in [0.717, 1.165) is 4.90 Å². The van der Waals surface area contributed by atoms with Crippen LogP contribution < -0.4 is 0 Å². The molecule has 0 aliphatic rings. The van der Waals surface area contributed by atoms with Crippen LogP contribution in [-0.4, -0.2) is 41.9 Å². The molecule has 0 N–H and O–H groups in total. The number of nitrogens with zero attached hydrogens (tertiary/aromatic N) is 1. The van der Waals surface area contributed by atoms with Crippen molar-refractivity contribution in [3.63, 3.8) is 0 Å². The van der Waals surface area contributed by atoms with Gasteiger partial charge < -0.3 is 4.90 Å². The van der Waals surface area contributed by atoms with E-state index in [-0.39, 0.29) is 24.1 Å². The number of carbonyl (C=O) groups excluding carboxylic acids is 2. The average Bonchev–Trinajstić information content (AvgIpc) is 2.11. The van der Waals surface area contributed by atoms with Crippen molar-refractivity contribution in [2.45, 2.75) is 12.8 Å². The van der Waals surface area contributed by atoms with Gasteiger partial charge in [-0.15, -0.1) is 0 Å². The summed E-state index contributed by atoms with van der Waals surface area (Å²) in [5.74, 6) is -1.36. The van der Waals surface area contributed by atoms with E-state index in [9.17, 15) is 18.4 Å². The number of hydrogen-bond donors (Lipinski definition) is 0. The second-order valence-corrected chi connectivity index (χ2v) is 3.04. The highest BCUT2D eigenvalue weighted by Gasteiger charge is 2.19. The molecule has 0 atom stereocenters. The molecule has 0 aliphatic carbocycles. The van der Waals surface area contributed by atoms with Crippen LogP contribution in [0.3, 0.4) is 0 Å². The fourth-order valence-corrected chi connectivity index (χ4v) is 0.916. The van der Waals surface area contributed by atoms with Crippen molar-refractivity contribution in [3.05, 3.63) is 0 Å². The fraction of sp³-hybridized carbons (Fsp3) is 0.714. The minimum Gasteiger partial charge on any atom is -0.340 e. The summed E-state index contributed by atoms with van der Waals surface area (Å²) in [7, 11) is 1.25. The third-order valence-corrected chi connectivity index (χ3v) is 2.06. The lowest BCUT2D eigenvalue weighted by atomic mass is 10.3. The van der Waals surface area contributed by atoms with Crippen LogP contribution in [-0.2, 0) is 9.59 Å². The number of hydrogen-bond acceptors (Lipinski definition) is 2. The predicted molar refractivity (Wildman–Crippen MR) is 47.1 cm³/mol. The first-order valence-electron chi connectivity index (χ1n) is 3.59. The molecule has 0 rings (SSSR count). The molecule has 0 aliphatic heterocycles. The first-order valence-corrected chi connectivity index (χ1v) is 4.72. The van der Waals surface area contributed by atoms with Crippen LogP contribution >= 0.6 is 15.9 Å². The molecule has 0 heterocycles. The lowest BCUT2D eigenvalue weighted by molar-refractivity contribution is -0.141. The monoisotopic (exact) mass is 257 g/mol. The smallest absolute Gasteiger partial charge is 0.315 e. The van der Waals surface area contributed by atoms with Crippen LogP contribution in [0.15, 0.2) is 0 Å². The Hall–Kier alpha value is -0.520. The number of Topliss-reactive ketones (excluding diaryl/α,β-unsaturated/α-hetero) is 1. The van der Waals surface area contributed by atoms with Gasteiger partial charge in [-0.1, -0.05) is 15.9 Å². The van der Waals surface area contributed by atoms with Crippen molar-refractivity contribution in [2.75, 3.05) is 18.9 Å². The highest BCUT2D eigenvalue weighted by Crippen LogP contribution is 2.00. The van der Waals surface area contributed by atoms with E-state index in [2.05, 4.69) is 15.9 Å². The Kier molecular flexibility index (Phi) is 5.77. The average molecular weight is 258 g/mol. The van der Waals surface area contributed by atoms with Gasteiger partial charge in [-0.3, -0.25) is 9.59 Å². The van der Waals surface area contributed by atoms with E-state index < -0.39 is 12.3 Å². The Morgan fingerprint density at radius 3 is 2.38 bits per heavy atom. The SMILES string of the molecule is CN(CCC(=O)CBr)C(=O)C(F)F. The summed E-state index contributed by atoms with van der Waals surface area (Å²) >= 11 is 2.93. The third-order valence-electron chi connectivity index (χ3n) is 1.44. The zero-order valence-corrected chi connectivity index (χ0v) is 8.68. The first-order chi connectivity index (χ1) is 5.99. The van der Waals surface area contributed by atoms with Crippen LogP contribution in [0.25, 0.3) is 0 Å². The standard InChI is InChI=1S/C7H10BrF2NO2/c1-11(7(13)6(9)10)3-2-5(12)4-8/h6H,2-4H2,1H3. The number of halogens is 3. The number of carbonyl (C=O) groups is 2. The first kappa shape index (κ1) is 12.5. The van der Waals surface area contributed by atoms with Crippen molar-refractivity contribution < 1.29 is 18.4 Å². The number of ketones is 1. The van der Waals surface area contributed by atoms with E-state index in [1.807, 2.05) is 0 Å². The minimum atomic E-state index is -3.00. The normalized spacial score (nSPS) is 10.2. The Morgan fingerprint density at radius 2 is 2.00 bits per heavy atom. The molecule has 1 amide bonds. The lowest BCUT2D eigenvalue weighted by Gasteiger charge is -2.15. The Bertz CT molecular complexity index is 199. The van der Waals surface area contributed by atoms with Crippen molar-refractivity contribution in [2.24, 2.45) is 0 Å². The molecular weight excluding hydrogens is 248 g/mol. The van der Waals surface area contributed by atoms with E-state index in [0.29, 0.717) is 0 Å². The number of amides is 1. The van der Waals surface area contributed by atoms with Gasteiger partial charge in [0.2, 0.25) is 0 Å². The van der Waals surface area contributed by atoms with Gasteiger partial charge in [0, 0.05) is 20.0 Å². The summed E-state index contributed by atoms with van der Waals surface area (Å²) in [5, 5.41) is 0.184. The molecule has 0 aromatic rings. The molecule has 0 fully saturated rings. The lowest BCUT2D eigenvalue weighted by Crippen LogP contribution is -2.33. The topological polar surface area (TPSA) is 37.4 Å². The molecule has 13 heavy (non-hydrogen) atoms. The third kappa shape index (κ3) is 4.92. The van der Waals surface area contributed by atoms with Crippen LogP contribution in [0.1, 0.15) is 6.42 Å². The molecule has 0 saturated heterocycles. The molecule has 0 saturated carbocycles. The highest BCUT2D eigenvalue weighted by molar-refractivity contribution is 9.09. The van der Waals surface area contributed by atoms with Gasteiger partial charge in [0.25, 0.3) is 5.91 Å². The van der Waals surface area contributed by atoms with E-state index in [1.54, 1.807) is 0 Å². The Labute approximate surface area is 83.2 Å². The van der Waals surface area contributed by atoms with Crippen LogP contribution in [0.5, 0.6) is 0 Å². The second kappa shape index (κ2) is 6.01. The molecule has 0 radical (unpaired) electrons. The van der Waals surface area contributed by atoms with Gasteiger partial charge in [-0.05, 0) is 0 Å². The quantitative estimate of drug-likeness (QED) is 0.691. The molecule has 0 unspecified atom stereocenters.